The van der Waals surface area contributed by atoms with Gasteiger partial charge in [0.25, 0.3) is 0 Å². The lowest BCUT2D eigenvalue weighted by molar-refractivity contribution is 0.101. The van der Waals surface area contributed by atoms with Crippen molar-refractivity contribution in [1.82, 2.24) is 0 Å². The van der Waals surface area contributed by atoms with Crippen molar-refractivity contribution in [3.05, 3.63) is 47.5 Å². The fourth-order valence-corrected chi connectivity index (χ4v) is 1.68. The van der Waals surface area contributed by atoms with Gasteiger partial charge in [-0.25, -0.2) is 0 Å². The number of phenolic OH excluding ortho intramolecular Hbond substituents is 2. The highest BCUT2D eigenvalue weighted by Gasteiger charge is 2.04. The Morgan fingerprint density at radius 3 is 2.09 bits per heavy atom. The van der Waals surface area contributed by atoms with E-state index in [0.29, 0.717) is 28.9 Å². The zero-order chi connectivity index (χ0) is 17.4. The predicted octanol–water partition coefficient (Wildman–Crippen LogP) is 2.82. The van der Waals surface area contributed by atoms with Gasteiger partial charge in [-0.15, -0.1) is 0 Å². The van der Waals surface area contributed by atoms with Crippen molar-refractivity contribution < 1.29 is 29.3 Å². The number of ether oxygens (including phenoxy) is 2. The van der Waals surface area contributed by atoms with Crippen LogP contribution in [0.3, 0.4) is 0 Å². The summed E-state index contributed by atoms with van der Waals surface area (Å²) in [4.78, 5) is 21.1. The molecule has 0 saturated heterocycles. The van der Waals surface area contributed by atoms with Crippen LogP contribution in [-0.4, -0.2) is 36.5 Å². The van der Waals surface area contributed by atoms with Gasteiger partial charge in [0.15, 0.2) is 28.8 Å². The van der Waals surface area contributed by atoms with E-state index < -0.39 is 0 Å². The van der Waals surface area contributed by atoms with Crippen molar-refractivity contribution in [2.75, 3.05) is 14.2 Å². The summed E-state index contributed by atoms with van der Waals surface area (Å²) >= 11 is 0. The molecule has 0 atom stereocenters. The number of methoxy groups -OCH3 is 2. The van der Waals surface area contributed by atoms with Gasteiger partial charge in [-0.05, 0) is 43.3 Å². The zero-order valence-corrected chi connectivity index (χ0v) is 13.1. The molecular weight excluding hydrogens is 300 g/mol. The number of aromatic hydroxyl groups is 2. The smallest absolute Gasteiger partial charge is 0.161 e. The van der Waals surface area contributed by atoms with Crippen molar-refractivity contribution in [3.63, 3.8) is 0 Å². The molecule has 2 aromatic carbocycles. The van der Waals surface area contributed by atoms with Crippen molar-refractivity contribution >= 4 is 12.1 Å². The standard InChI is InChI=1S/C9H10O3.C8H8O3/c1-6(10)7-3-4-8(11)9(5-7)12-2;1-11-8-3-2-6(5-9)4-7(8)10/h3-5,11H,1-2H3;2-5,10H,1H3. The molecule has 2 aromatic rings. The molecule has 0 aromatic heterocycles. The van der Waals surface area contributed by atoms with Crippen LogP contribution in [0, 0.1) is 0 Å². The Bertz CT molecular complexity index is 693. The third-order valence-corrected chi connectivity index (χ3v) is 2.93. The Balaban J connectivity index is 0.000000231. The highest BCUT2D eigenvalue weighted by Crippen LogP contribution is 2.26. The molecule has 0 bridgehead atoms. The SMILES string of the molecule is COc1cc(C(C)=O)ccc1O.COc1ccc(C=O)cc1O. The van der Waals surface area contributed by atoms with Crippen molar-refractivity contribution in [3.8, 4) is 23.0 Å². The van der Waals surface area contributed by atoms with E-state index in [1.54, 1.807) is 18.2 Å². The fraction of sp³-hybridized carbons (Fsp3) is 0.176. The molecule has 0 saturated carbocycles. The van der Waals surface area contributed by atoms with Gasteiger partial charge < -0.3 is 19.7 Å². The second kappa shape index (κ2) is 8.43. The average Bonchev–Trinajstić information content (AvgIpc) is 2.55. The minimum absolute atomic E-state index is 0.0166. The van der Waals surface area contributed by atoms with Gasteiger partial charge in [0, 0.05) is 11.1 Å². The summed E-state index contributed by atoms with van der Waals surface area (Å²) < 4.78 is 9.61. The summed E-state index contributed by atoms with van der Waals surface area (Å²) in [5.74, 6) is 0.672. The zero-order valence-electron chi connectivity index (χ0n) is 13.1. The number of phenols is 2. The Morgan fingerprint density at radius 1 is 0.957 bits per heavy atom. The Morgan fingerprint density at radius 2 is 1.61 bits per heavy atom. The van der Waals surface area contributed by atoms with Gasteiger partial charge in [0.05, 0.1) is 14.2 Å². The molecule has 0 spiro atoms. The topological polar surface area (TPSA) is 93.1 Å². The molecular formula is C17H18O6. The number of ketones is 1. The molecule has 122 valence electrons. The minimum Gasteiger partial charge on any atom is -0.504 e. The normalized spacial score (nSPS) is 9.35. The largest absolute Gasteiger partial charge is 0.504 e. The highest BCUT2D eigenvalue weighted by molar-refractivity contribution is 5.94. The van der Waals surface area contributed by atoms with Gasteiger partial charge in [-0.3, -0.25) is 9.59 Å². The third kappa shape index (κ3) is 5.03. The molecule has 0 radical (unpaired) electrons. The molecule has 6 heteroatoms. The monoisotopic (exact) mass is 318 g/mol. The summed E-state index contributed by atoms with van der Waals surface area (Å²) in [7, 11) is 2.90. The number of aldehydes is 1. The van der Waals surface area contributed by atoms with Crippen LogP contribution in [0.25, 0.3) is 0 Å². The maximum Gasteiger partial charge on any atom is 0.161 e. The van der Waals surface area contributed by atoms with E-state index in [4.69, 9.17) is 14.6 Å². The van der Waals surface area contributed by atoms with E-state index in [1.165, 1.54) is 39.3 Å². The second-order valence-corrected chi connectivity index (χ2v) is 4.49. The van der Waals surface area contributed by atoms with E-state index in [9.17, 15) is 14.7 Å². The predicted molar refractivity (Wildman–Crippen MR) is 84.7 cm³/mol. The Kier molecular flexibility index (Phi) is 6.61. The Hall–Kier alpha value is -3.02. The van der Waals surface area contributed by atoms with E-state index in [-0.39, 0.29) is 17.3 Å². The van der Waals surface area contributed by atoms with E-state index in [2.05, 4.69) is 0 Å². The summed E-state index contributed by atoms with van der Waals surface area (Å²) in [6, 6.07) is 8.98. The number of Topliss-reactive ketones (excluding diaryl/α,β-unsaturated/α-hetero) is 1. The number of hydrogen-bond acceptors (Lipinski definition) is 6. The first-order valence-electron chi connectivity index (χ1n) is 6.63. The molecule has 2 rings (SSSR count). The molecule has 0 heterocycles. The molecule has 0 aliphatic carbocycles. The number of rotatable bonds is 4. The van der Waals surface area contributed by atoms with Gasteiger partial charge in [-0.2, -0.15) is 0 Å². The lowest BCUT2D eigenvalue weighted by Crippen LogP contribution is -1.92. The number of hydrogen-bond donors (Lipinski definition) is 2. The second-order valence-electron chi connectivity index (χ2n) is 4.49. The Labute approximate surface area is 133 Å². The van der Waals surface area contributed by atoms with Crippen LogP contribution in [-0.2, 0) is 0 Å². The summed E-state index contributed by atoms with van der Waals surface area (Å²) in [6.07, 6.45) is 0.666. The molecule has 0 fully saturated rings. The van der Waals surface area contributed by atoms with Crippen LogP contribution in [0.5, 0.6) is 23.0 Å². The maximum absolute atomic E-state index is 10.9. The van der Waals surface area contributed by atoms with E-state index >= 15 is 0 Å². The molecule has 0 aliphatic rings. The number of carbonyl (C=O) groups is 2. The quantitative estimate of drug-likeness (QED) is 0.665. The van der Waals surface area contributed by atoms with Crippen LogP contribution in [0.4, 0.5) is 0 Å². The van der Waals surface area contributed by atoms with Crippen molar-refractivity contribution in [2.24, 2.45) is 0 Å². The molecule has 2 N–H and O–H groups in total. The fourth-order valence-electron chi connectivity index (χ4n) is 1.68. The first-order valence-corrected chi connectivity index (χ1v) is 6.63. The van der Waals surface area contributed by atoms with Gasteiger partial charge >= 0.3 is 0 Å². The van der Waals surface area contributed by atoms with Gasteiger partial charge in [0.1, 0.15) is 6.29 Å². The van der Waals surface area contributed by atoms with Crippen molar-refractivity contribution in [2.45, 2.75) is 6.92 Å². The lowest BCUT2D eigenvalue weighted by atomic mass is 10.1. The number of carbonyl (C=O) groups excluding carboxylic acids is 2. The first-order chi connectivity index (χ1) is 10.9. The summed E-state index contributed by atoms with van der Waals surface area (Å²) in [6.45, 7) is 1.46. The van der Waals surface area contributed by atoms with Crippen LogP contribution in [0.1, 0.15) is 27.6 Å². The average molecular weight is 318 g/mol. The molecule has 23 heavy (non-hydrogen) atoms. The number of benzene rings is 2. The first kappa shape index (κ1) is 18.0. The molecule has 0 unspecified atom stereocenters. The van der Waals surface area contributed by atoms with Crippen LogP contribution in [0.2, 0.25) is 0 Å². The molecule has 0 aliphatic heterocycles. The highest BCUT2D eigenvalue weighted by atomic mass is 16.5. The third-order valence-electron chi connectivity index (χ3n) is 2.93. The van der Waals surface area contributed by atoms with E-state index in [0.717, 1.165) is 0 Å². The summed E-state index contributed by atoms with van der Waals surface area (Å²) in [5, 5.41) is 18.3. The van der Waals surface area contributed by atoms with Crippen molar-refractivity contribution in [1.29, 1.82) is 0 Å². The maximum atomic E-state index is 10.9. The van der Waals surface area contributed by atoms with E-state index in [1.807, 2.05) is 0 Å². The van der Waals surface area contributed by atoms with Crippen LogP contribution < -0.4 is 9.47 Å². The molecule has 0 amide bonds. The van der Waals surface area contributed by atoms with Crippen LogP contribution >= 0.6 is 0 Å². The lowest BCUT2D eigenvalue weighted by Gasteiger charge is -2.03. The summed E-state index contributed by atoms with van der Waals surface area (Å²) in [5.41, 5.74) is 0.966. The van der Waals surface area contributed by atoms with Gasteiger partial charge in [0.2, 0.25) is 0 Å². The van der Waals surface area contributed by atoms with Crippen LogP contribution in [0.15, 0.2) is 36.4 Å². The van der Waals surface area contributed by atoms with Gasteiger partial charge in [-0.1, -0.05) is 0 Å². The minimum atomic E-state index is -0.0479. The molecule has 6 nitrogen and oxygen atoms in total.